The minimum Gasteiger partial charge on any atom is -0.375 e. The fourth-order valence-electron chi connectivity index (χ4n) is 1.59. The number of anilines is 1. The molecule has 2 aromatic rings. The third kappa shape index (κ3) is 3.09. The summed E-state index contributed by atoms with van der Waals surface area (Å²) in [5.74, 6) is -1.18. The van der Waals surface area contributed by atoms with Gasteiger partial charge in [0.2, 0.25) is 0 Å². The molecule has 0 fully saturated rings. The molecule has 0 saturated carbocycles. The van der Waals surface area contributed by atoms with E-state index in [1.807, 2.05) is 12.1 Å². The summed E-state index contributed by atoms with van der Waals surface area (Å²) in [4.78, 5) is 2.33. The predicted molar refractivity (Wildman–Crippen MR) is 75.1 cm³/mol. The summed E-state index contributed by atoms with van der Waals surface area (Å²) in [6, 6.07) is 6.51. The number of hydrogen-bond acceptors (Lipinski definition) is 2. The van der Waals surface area contributed by atoms with Gasteiger partial charge < -0.3 is 5.32 Å². The molecule has 0 radical (unpaired) electrons. The van der Waals surface area contributed by atoms with Crippen LogP contribution in [-0.2, 0) is 13.0 Å². The van der Waals surface area contributed by atoms with Crippen molar-refractivity contribution in [1.82, 2.24) is 0 Å². The zero-order valence-electron chi connectivity index (χ0n) is 9.77. The SMILES string of the molecule is CCc1ccc(CNc2c(F)cc(Br)cc2F)s1. The Bertz CT molecular complexity index is 531. The topological polar surface area (TPSA) is 12.0 Å². The Labute approximate surface area is 117 Å². The van der Waals surface area contributed by atoms with Crippen LogP contribution in [0.5, 0.6) is 0 Å². The summed E-state index contributed by atoms with van der Waals surface area (Å²) in [6.45, 7) is 2.51. The predicted octanol–water partition coefficient (Wildman–Crippen LogP) is 4.96. The second kappa shape index (κ2) is 5.80. The van der Waals surface area contributed by atoms with Crippen LogP contribution in [0, 0.1) is 11.6 Å². The van der Waals surface area contributed by atoms with E-state index in [1.165, 1.54) is 17.0 Å². The number of benzene rings is 1. The first kappa shape index (κ1) is 13.5. The molecule has 0 amide bonds. The van der Waals surface area contributed by atoms with Crippen molar-refractivity contribution in [2.45, 2.75) is 19.9 Å². The Hall–Kier alpha value is -0.940. The van der Waals surface area contributed by atoms with Crippen LogP contribution >= 0.6 is 27.3 Å². The molecule has 5 heteroatoms. The smallest absolute Gasteiger partial charge is 0.150 e. The lowest BCUT2D eigenvalue weighted by Gasteiger charge is -2.08. The quantitative estimate of drug-likeness (QED) is 0.834. The van der Waals surface area contributed by atoms with Crippen molar-refractivity contribution in [3.05, 3.63) is 50.1 Å². The highest BCUT2D eigenvalue weighted by Gasteiger charge is 2.10. The Balaban J connectivity index is 2.10. The minimum atomic E-state index is -0.589. The largest absolute Gasteiger partial charge is 0.375 e. The van der Waals surface area contributed by atoms with Crippen LogP contribution in [0.15, 0.2) is 28.7 Å². The van der Waals surface area contributed by atoms with E-state index >= 15 is 0 Å². The second-order valence-corrected chi connectivity index (χ2v) is 5.99. The van der Waals surface area contributed by atoms with Crippen LogP contribution < -0.4 is 5.32 Å². The number of hydrogen-bond donors (Lipinski definition) is 1. The van der Waals surface area contributed by atoms with Crippen LogP contribution in [-0.4, -0.2) is 0 Å². The average Bonchev–Trinajstić information content (AvgIpc) is 2.75. The standard InChI is InChI=1S/C13H12BrF2NS/c1-2-9-3-4-10(18-9)7-17-13-11(15)5-8(14)6-12(13)16/h3-6,17H,2,7H2,1H3. The average molecular weight is 332 g/mol. The molecule has 1 aromatic heterocycles. The number of rotatable bonds is 4. The third-order valence-corrected chi connectivity index (χ3v) is 4.20. The van der Waals surface area contributed by atoms with Crippen LogP contribution in [0.25, 0.3) is 0 Å². The summed E-state index contributed by atoms with van der Waals surface area (Å²) in [5, 5.41) is 2.80. The van der Waals surface area contributed by atoms with Gasteiger partial charge in [-0.1, -0.05) is 22.9 Å². The summed E-state index contributed by atoms with van der Waals surface area (Å²) >= 11 is 4.70. The van der Waals surface area contributed by atoms with E-state index in [1.54, 1.807) is 11.3 Å². The maximum absolute atomic E-state index is 13.6. The van der Waals surface area contributed by atoms with Crippen molar-refractivity contribution in [2.24, 2.45) is 0 Å². The molecule has 0 unspecified atom stereocenters. The molecule has 1 heterocycles. The molecule has 96 valence electrons. The molecule has 18 heavy (non-hydrogen) atoms. The first-order chi connectivity index (χ1) is 8.60. The van der Waals surface area contributed by atoms with Gasteiger partial charge in [-0.25, -0.2) is 8.78 Å². The Morgan fingerprint density at radius 3 is 2.33 bits per heavy atom. The van der Waals surface area contributed by atoms with Gasteiger partial charge in [0.15, 0.2) is 0 Å². The van der Waals surface area contributed by atoms with Crippen molar-refractivity contribution in [3.8, 4) is 0 Å². The number of halogens is 3. The van der Waals surface area contributed by atoms with E-state index < -0.39 is 11.6 Å². The maximum atomic E-state index is 13.6. The van der Waals surface area contributed by atoms with Crippen LogP contribution in [0.2, 0.25) is 0 Å². The fraction of sp³-hybridized carbons (Fsp3) is 0.231. The monoisotopic (exact) mass is 331 g/mol. The van der Waals surface area contributed by atoms with Gasteiger partial charge >= 0.3 is 0 Å². The first-order valence-corrected chi connectivity index (χ1v) is 7.17. The van der Waals surface area contributed by atoms with Crippen LogP contribution in [0.3, 0.4) is 0 Å². The first-order valence-electron chi connectivity index (χ1n) is 5.56. The van der Waals surface area contributed by atoms with E-state index in [4.69, 9.17) is 0 Å². The van der Waals surface area contributed by atoms with Crippen molar-refractivity contribution in [1.29, 1.82) is 0 Å². The lowest BCUT2D eigenvalue weighted by molar-refractivity contribution is 0.586. The van der Waals surface area contributed by atoms with Crippen molar-refractivity contribution in [3.63, 3.8) is 0 Å². The van der Waals surface area contributed by atoms with Gasteiger partial charge in [-0.3, -0.25) is 0 Å². The van der Waals surface area contributed by atoms with Crippen molar-refractivity contribution in [2.75, 3.05) is 5.32 Å². The van der Waals surface area contributed by atoms with E-state index in [-0.39, 0.29) is 5.69 Å². The van der Waals surface area contributed by atoms with Gasteiger partial charge in [-0.15, -0.1) is 11.3 Å². The summed E-state index contributed by atoms with van der Waals surface area (Å²) < 4.78 is 27.5. The zero-order chi connectivity index (χ0) is 13.1. The molecule has 0 atom stereocenters. The highest BCUT2D eigenvalue weighted by atomic mass is 79.9. The van der Waals surface area contributed by atoms with Gasteiger partial charge in [0, 0.05) is 20.8 Å². The summed E-state index contributed by atoms with van der Waals surface area (Å²) in [6.07, 6.45) is 0.978. The lowest BCUT2D eigenvalue weighted by atomic mass is 10.3. The van der Waals surface area contributed by atoms with E-state index in [2.05, 4.69) is 28.2 Å². The number of aryl methyl sites for hydroxylation is 1. The minimum absolute atomic E-state index is 0.0790. The molecular weight excluding hydrogens is 320 g/mol. The molecule has 0 aliphatic heterocycles. The fourth-order valence-corrected chi connectivity index (χ4v) is 2.89. The van der Waals surface area contributed by atoms with Crippen LogP contribution in [0.1, 0.15) is 16.7 Å². The number of nitrogens with one attached hydrogen (secondary N) is 1. The molecule has 0 bridgehead atoms. The van der Waals surface area contributed by atoms with Crippen LogP contribution in [0.4, 0.5) is 14.5 Å². The molecule has 0 aliphatic rings. The molecule has 1 N–H and O–H groups in total. The molecule has 0 spiro atoms. The normalized spacial score (nSPS) is 10.7. The van der Waals surface area contributed by atoms with Crippen molar-refractivity contribution >= 4 is 33.0 Å². The summed E-state index contributed by atoms with van der Waals surface area (Å²) in [7, 11) is 0. The van der Waals surface area contributed by atoms with Gasteiger partial charge in [0.1, 0.15) is 17.3 Å². The summed E-state index contributed by atoms with van der Waals surface area (Å²) in [5.41, 5.74) is -0.0790. The highest BCUT2D eigenvalue weighted by Crippen LogP contribution is 2.25. The Kier molecular flexibility index (Phi) is 4.35. The number of thiophene rings is 1. The molecular formula is C13H12BrF2NS. The van der Waals surface area contributed by atoms with E-state index in [9.17, 15) is 8.78 Å². The van der Waals surface area contributed by atoms with Gasteiger partial charge in [0.25, 0.3) is 0 Å². The van der Waals surface area contributed by atoms with Gasteiger partial charge in [-0.05, 0) is 30.7 Å². The van der Waals surface area contributed by atoms with E-state index in [0.29, 0.717) is 11.0 Å². The van der Waals surface area contributed by atoms with Crippen molar-refractivity contribution < 1.29 is 8.78 Å². The Morgan fingerprint density at radius 1 is 1.17 bits per heavy atom. The maximum Gasteiger partial charge on any atom is 0.150 e. The molecule has 1 nitrogen and oxygen atoms in total. The molecule has 2 rings (SSSR count). The molecule has 0 aliphatic carbocycles. The van der Waals surface area contributed by atoms with E-state index in [0.717, 1.165) is 11.3 Å². The third-order valence-electron chi connectivity index (χ3n) is 2.51. The molecule has 0 saturated heterocycles. The Morgan fingerprint density at radius 2 is 1.78 bits per heavy atom. The highest BCUT2D eigenvalue weighted by molar-refractivity contribution is 9.10. The zero-order valence-corrected chi connectivity index (χ0v) is 12.2. The van der Waals surface area contributed by atoms with Gasteiger partial charge in [0.05, 0.1) is 0 Å². The molecule has 1 aromatic carbocycles. The van der Waals surface area contributed by atoms with Gasteiger partial charge in [-0.2, -0.15) is 0 Å². The lowest BCUT2D eigenvalue weighted by Crippen LogP contribution is -2.02. The second-order valence-electron chi connectivity index (χ2n) is 3.82.